The van der Waals surface area contributed by atoms with Gasteiger partial charge in [-0.05, 0) is 27.2 Å². The Kier molecular flexibility index (Phi) is 4.70. The number of amides is 1. The first-order valence-electron chi connectivity index (χ1n) is 4.50. The third-order valence-electron chi connectivity index (χ3n) is 2.08. The topological polar surface area (TPSA) is 49.3 Å². The summed E-state index contributed by atoms with van der Waals surface area (Å²) in [6, 6.07) is 0. The summed E-state index contributed by atoms with van der Waals surface area (Å²) < 4.78 is 0. The van der Waals surface area contributed by atoms with Crippen molar-refractivity contribution in [1.29, 1.82) is 0 Å². The van der Waals surface area contributed by atoms with Crippen molar-refractivity contribution in [3.63, 3.8) is 0 Å². The van der Waals surface area contributed by atoms with Crippen LogP contribution in [-0.2, 0) is 4.79 Å². The Morgan fingerprint density at radius 1 is 1.69 bits per heavy atom. The Balaban J connectivity index is 3.96. The summed E-state index contributed by atoms with van der Waals surface area (Å²) in [5.41, 5.74) is -0.557. The zero-order chi connectivity index (χ0) is 10.5. The highest BCUT2D eigenvalue weighted by molar-refractivity contribution is 5.76. The molecule has 1 atom stereocenters. The molecule has 2 N–H and O–H groups in total. The van der Waals surface area contributed by atoms with E-state index in [4.69, 9.17) is 0 Å². The average Bonchev–Trinajstić information content (AvgIpc) is 1.99. The number of allylic oxidation sites excluding steroid dienone is 1. The largest absolute Gasteiger partial charge is 0.391 e. The molecule has 0 aromatic rings. The summed E-state index contributed by atoms with van der Waals surface area (Å²) in [5.74, 6) is -0.0502. The Bertz CT molecular complexity index is 185. The van der Waals surface area contributed by atoms with Gasteiger partial charge in [-0.15, -0.1) is 6.58 Å². The van der Waals surface area contributed by atoms with Crippen LogP contribution in [0.2, 0.25) is 0 Å². The molecule has 0 aromatic carbocycles. The number of carbonyl (C=O) groups is 1. The Morgan fingerprint density at radius 3 is 2.62 bits per heavy atom. The maximum Gasteiger partial charge on any atom is 0.220 e. The lowest BCUT2D eigenvalue weighted by Gasteiger charge is -2.29. The molecule has 0 radical (unpaired) electrons. The van der Waals surface area contributed by atoms with Crippen molar-refractivity contribution in [2.75, 3.05) is 0 Å². The lowest BCUT2D eigenvalue weighted by atomic mass is 9.98. The van der Waals surface area contributed by atoms with E-state index in [1.807, 2.05) is 0 Å². The van der Waals surface area contributed by atoms with E-state index in [0.717, 1.165) is 0 Å². The highest BCUT2D eigenvalue weighted by atomic mass is 16.3. The standard InChI is InChI=1S/C10H19NO2/c1-5-6-7-9(13)11-10(3,4)8(2)12/h5,8,12H,1,6-7H2,2-4H3,(H,11,13). The molecule has 0 saturated carbocycles. The molecule has 0 heterocycles. The van der Waals surface area contributed by atoms with Gasteiger partial charge in [-0.3, -0.25) is 4.79 Å². The first-order chi connectivity index (χ1) is 5.90. The number of carbonyl (C=O) groups excluding carboxylic acids is 1. The first kappa shape index (κ1) is 12.2. The second-order valence-corrected chi connectivity index (χ2v) is 3.77. The molecule has 0 aliphatic rings. The van der Waals surface area contributed by atoms with Gasteiger partial charge in [-0.2, -0.15) is 0 Å². The van der Waals surface area contributed by atoms with E-state index in [1.54, 1.807) is 26.8 Å². The zero-order valence-electron chi connectivity index (χ0n) is 8.63. The summed E-state index contributed by atoms with van der Waals surface area (Å²) in [5, 5.41) is 12.1. The van der Waals surface area contributed by atoms with Crippen LogP contribution in [0.4, 0.5) is 0 Å². The van der Waals surface area contributed by atoms with Crippen LogP contribution in [0.5, 0.6) is 0 Å². The van der Waals surface area contributed by atoms with Crippen molar-refractivity contribution in [2.24, 2.45) is 0 Å². The fourth-order valence-corrected chi connectivity index (χ4v) is 0.759. The van der Waals surface area contributed by atoms with Crippen molar-refractivity contribution in [1.82, 2.24) is 5.32 Å². The van der Waals surface area contributed by atoms with E-state index < -0.39 is 11.6 Å². The number of aliphatic hydroxyl groups excluding tert-OH is 1. The molecule has 0 aromatic heterocycles. The van der Waals surface area contributed by atoms with Gasteiger partial charge in [0.05, 0.1) is 11.6 Å². The molecule has 0 saturated heterocycles. The van der Waals surface area contributed by atoms with Gasteiger partial charge in [0.2, 0.25) is 5.91 Å². The molecular weight excluding hydrogens is 166 g/mol. The lowest BCUT2D eigenvalue weighted by molar-refractivity contribution is -0.123. The predicted octanol–water partition coefficient (Wildman–Crippen LogP) is 1.23. The van der Waals surface area contributed by atoms with Gasteiger partial charge in [-0.25, -0.2) is 0 Å². The predicted molar refractivity (Wildman–Crippen MR) is 53.3 cm³/mol. The zero-order valence-corrected chi connectivity index (χ0v) is 8.63. The van der Waals surface area contributed by atoms with Gasteiger partial charge in [0.15, 0.2) is 0 Å². The molecule has 0 aliphatic heterocycles. The smallest absolute Gasteiger partial charge is 0.220 e. The van der Waals surface area contributed by atoms with E-state index in [-0.39, 0.29) is 5.91 Å². The fourth-order valence-electron chi connectivity index (χ4n) is 0.759. The third kappa shape index (κ3) is 4.68. The summed E-state index contributed by atoms with van der Waals surface area (Å²) in [6.45, 7) is 8.79. The minimum atomic E-state index is -0.557. The molecule has 1 unspecified atom stereocenters. The van der Waals surface area contributed by atoms with Crippen LogP contribution in [0.25, 0.3) is 0 Å². The SMILES string of the molecule is C=CCCC(=O)NC(C)(C)C(C)O. The summed E-state index contributed by atoms with van der Waals surface area (Å²) in [4.78, 5) is 11.3. The number of rotatable bonds is 5. The van der Waals surface area contributed by atoms with Crippen LogP contribution in [-0.4, -0.2) is 22.7 Å². The minimum Gasteiger partial charge on any atom is -0.391 e. The number of aliphatic hydroxyl groups is 1. The number of hydrogen-bond donors (Lipinski definition) is 2. The van der Waals surface area contributed by atoms with Crippen molar-refractivity contribution in [3.8, 4) is 0 Å². The maximum atomic E-state index is 11.3. The first-order valence-corrected chi connectivity index (χ1v) is 4.50. The van der Waals surface area contributed by atoms with Crippen LogP contribution in [0, 0.1) is 0 Å². The maximum absolute atomic E-state index is 11.3. The Morgan fingerprint density at radius 2 is 2.23 bits per heavy atom. The van der Waals surface area contributed by atoms with Gasteiger partial charge in [0, 0.05) is 6.42 Å². The minimum absolute atomic E-state index is 0.0502. The van der Waals surface area contributed by atoms with E-state index in [9.17, 15) is 9.90 Å². The normalized spacial score (nSPS) is 13.5. The third-order valence-corrected chi connectivity index (χ3v) is 2.08. The average molecular weight is 185 g/mol. The second kappa shape index (κ2) is 5.02. The molecular formula is C10H19NO2. The Labute approximate surface area is 79.8 Å². The van der Waals surface area contributed by atoms with Gasteiger partial charge in [0.25, 0.3) is 0 Å². The molecule has 3 heteroatoms. The number of nitrogens with one attached hydrogen (secondary N) is 1. The second-order valence-electron chi connectivity index (χ2n) is 3.77. The van der Waals surface area contributed by atoms with E-state index in [0.29, 0.717) is 12.8 Å². The lowest BCUT2D eigenvalue weighted by Crippen LogP contribution is -2.50. The molecule has 1 amide bonds. The summed E-state index contributed by atoms with van der Waals surface area (Å²) in [6.07, 6.45) is 2.25. The van der Waals surface area contributed by atoms with E-state index >= 15 is 0 Å². The Hall–Kier alpha value is -0.830. The van der Waals surface area contributed by atoms with Crippen molar-refractivity contribution in [3.05, 3.63) is 12.7 Å². The molecule has 0 bridgehead atoms. The molecule has 3 nitrogen and oxygen atoms in total. The van der Waals surface area contributed by atoms with Crippen LogP contribution < -0.4 is 5.32 Å². The molecule has 76 valence electrons. The van der Waals surface area contributed by atoms with Crippen molar-refractivity contribution >= 4 is 5.91 Å². The quantitative estimate of drug-likeness (QED) is 0.633. The van der Waals surface area contributed by atoms with Gasteiger partial charge in [0.1, 0.15) is 0 Å². The monoisotopic (exact) mass is 185 g/mol. The highest BCUT2D eigenvalue weighted by Gasteiger charge is 2.25. The van der Waals surface area contributed by atoms with Gasteiger partial charge in [-0.1, -0.05) is 6.08 Å². The van der Waals surface area contributed by atoms with Crippen molar-refractivity contribution in [2.45, 2.75) is 45.3 Å². The van der Waals surface area contributed by atoms with E-state index in [1.165, 1.54) is 0 Å². The van der Waals surface area contributed by atoms with Crippen LogP contribution >= 0.6 is 0 Å². The van der Waals surface area contributed by atoms with Crippen molar-refractivity contribution < 1.29 is 9.90 Å². The number of hydrogen-bond acceptors (Lipinski definition) is 2. The van der Waals surface area contributed by atoms with Crippen LogP contribution in [0.15, 0.2) is 12.7 Å². The fraction of sp³-hybridized carbons (Fsp3) is 0.700. The highest BCUT2D eigenvalue weighted by Crippen LogP contribution is 2.08. The van der Waals surface area contributed by atoms with Gasteiger partial charge < -0.3 is 10.4 Å². The van der Waals surface area contributed by atoms with Crippen LogP contribution in [0.3, 0.4) is 0 Å². The summed E-state index contributed by atoms with van der Waals surface area (Å²) >= 11 is 0. The summed E-state index contributed by atoms with van der Waals surface area (Å²) in [7, 11) is 0. The van der Waals surface area contributed by atoms with Crippen LogP contribution in [0.1, 0.15) is 33.6 Å². The molecule has 0 rings (SSSR count). The molecule has 0 spiro atoms. The van der Waals surface area contributed by atoms with Gasteiger partial charge >= 0.3 is 0 Å². The molecule has 13 heavy (non-hydrogen) atoms. The van der Waals surface area contributed by atoms with E-state index in [2.05, 4.69) is 11.9 Å². The molecule has 0 fully saturated rings. The molecule has 0 aliphatic carbocycles.